The van der Waals surface area contributed by atoms with E-state index >= 15 is 0 Å². The first-order valence-electron chi connectivity index (χ1n) is 9.35. The van der Waals surface area contributed by atoms with E-state index in [9.17, 15) is 14.7 Å². The fraction of sp³-hybridized carbons (Fsp3) is 0.526. The fourth-order valence-corrected chi connectivity index (χ4v) is 4.25. The number of anilines is 1. The molecule has 1 aliphatic carbocycles. The van der Waals surface area contributed by atoms with Gasteiger partial charge in [0.15, 0.2) is 5.58 Å². The number of halogens is 1. The Kier molecular flexibility index (Phi) is 4.95. The molecule has 1 saturated heterocycles. The van der Waals surface area contributed by atoms with Crippen molar-refractivity contribution in [2.45, 2.75) is 38.1 Å². The molecule has 2 fully saturated rings. The second-order valence-corrected chi connectivity index (χ2v) is 7.80. The zero-order valence-corrected chi connectivity index (χ0v) is 15.6. The number of carbonyl (C=O) groups is 2. The SMILES string of the molecule is O=C(N[C@H]1CCC[C@H]1C(=O)O)C1CCN(c2nc3cc(Cl)ccc3o2)CC1. The highest BCUT2D eigenvalue weighted by molar-refractivity contribution is 6.31. The molecule has 1 saturated carbocycles. The second kappa shape index (κ2) is 7.38. The van der Waals surface area contributed by atoms with Crippen LogP contribution in [0.25, 0.3) is 11.1 Å². The van der Waals surface area contributed by atoms with E-state index in [0.717, 1.165) is 18.4 Å². The summed E-state index contributed by atoms with van der Waals surface area (Å²) in [4.78, 5) is 30.4. The van der Waals surface area contributed by atoms with E-state index in [1.165, 1.54) is 0 Å². The van der Waals surface area contributed by atoms with Crippen LogP contribution in [-0.2, 0) is 9.59 Å². The standard InChI is InChI=1S/C19H22ClN3O4/c20-12-4-5-16-15(10-12)22-19(27-16)23-8-6-11(7-9-23)17(24)21-14-3-1-2-13(14)18(25)26/h4-5,10-11,13-14H,1-3,6-9H2,(H,21,24)(H,25,26)/t13-,14+/m1/s1. The molecule has 0 spiro atoms. The largest absolute Gasteiger partial charge is 0.481 e. The van der Waals surface area contributed by atoms with Crippen molar-refractivity contribution < 1.29 is 19.1 Å². The van der Waals surface area contributed by atoms with Gasteiger partial charge in [0.25, 0.3) is 6.01 Å². The highest BCUT2D eigenvalue weighted by Gasteiger charge is 2.36. The lowest BCUT2D eigenvalue weighted by Gasteiger charge is -2.31. The first-order valence-corrected chi connectivity index (χ1v) is 9.73. The number of nitrogens with zero attached hydrogens (tertiary/aromatic N) is 2. The molecule has 8 heteroatoms. The monoisotopic (exact) mass is 391 g/mol. The Morgan fingerprint density at radius 2 is 2.00 bits per heavy atom. The minimum atomic E-state index is -0.816. The highest BCUT2D eigenvalue weighted by Crippen LogP contribution is 2.29. The molecule has 4 rings (SSSR count). The summed E-state index contributed by atoms with van der Waals surface area (Å²) in [6, 6.07) is 5.64. The van der Waals surface area contributed by atoms with Crippen LogP contribution in [-0.4, -0.2) is 41.1 Å². The van der Waals surface area contributed by atoms with Crippen LogP contribution in [0.1, 0.15) is 32.1 Å². The molecule has 0 bridgehead atoms. The molecule has 0 radical (unpaired) electrons. The number of aromatic nitrogens is 1. The van der Waals surface area contributed by atoms with Crippen molar-refractivity contribution in [1.29, 1.82) is 0 Å². The number of benzene rings is 1. The lowest BCUT2D eigenvalue weighted by molar-refractivity contribution is -0.142. The Hall–Kier alpha value is -2.28. The van der Waals surface area contributed by atoms with Gasteiger partial charge in [-0.2, -0.15) is 4.98 Å². The Morgan fingerprint density at radius 1 is 1.22 bits per heavy atom. The van der Waals surface area contributed by atoms with Crippen LogP contribution >= 0.6 is 11.6 Å². The van der Waals surface area contributed by atoms with Crippen molar-refractivity contribution in [2.75, 3.05) is 18.0 Å². The smallest absolute Gasteiger partial charge is 0.308 e. The maximum atomic E-state index is 12.6. The molecule has 2 N–H and O–H groups in total. The molecule has 1 aromatic heterocycles. The second-order valence-electron chi connectivity index (χ2n) is 7.36. The topological polar surface area (TPSA) is 95.7 Å². The van der Waals surface area contributed by atoms with Gasteiger partial charge in [-0.3, -0.25) is 9.59 Å². The summed E-state index contributed by atoms with van der Waals surface area (Å²) in [5, 5.41) is 12.8. The van der Waals surface area contributed by atoms with E-state index in [4.69, 9.17) is 16.0 Å². The summed E-state index contributed by atoms with van der Waals surface area (Å²) < 4.78 is 5.80. The van der Waals surface area contributed by atoms with Crippen LogP contribution in [0.2, 0.25) is 5.02 Å². The van der Waals surface area contributed by atoms with Gasteiger partial charge in [0.2, 0.25) is 5.91 Å². The number of hydrogen-bond donors (Lipinski definition) is 2. The van der Waals surface area contributed by atoms with Gasteiger partial charge in [0, 0.05) is 30.1 Å². The molecule has 2 aliphatic rings. The molecular formula is C19H22ClN3O4. The molecule has 1 amide bonds. The van der Waals surface area contributed by atoms with E-state index in [0.29, 0.717) is 49.0 Å². The zero-order chi connectivity index (χ0) is 19.0. The molecule has 27 heavy (non-hydrogen) atoms. The summed E-state index contributed by atoms with van der Waals surface area (Å²) in [5.41, 5.74) is 1.41. The Bertz CT molecular complexity index is 860. The summed E-state index contributed by atoms with van der Waals surface area (Å²) in [7, 11) is 0. The summed E-state index contributed by atoms with van der Waals surface area (Å²) in [6.45, 7) is 1.34. The van der Waals surface area contributed by atoms with Crippen LogP contribution in [0.5, 0.6) is 0 Å². The van der Waals surface area contributed by atoms with Crippen molar-refractivity contribution in [3.8, 4) is 0 Å². The van der Waals surface area contributed by atoms with Crippen molar-refractivity contribution in [1.82, 2.24) is 10.3 Å². The number of rotatable bonds is 4. The third-order valence-corrected chi connectivity index (χ3v) is 5.87. The number of carboxylic acid groups (broad SMARTS) is 1. The third kappa shape index (κ3) is 3.74. The molecule has 2 aromatic rings. The molecular weight excluding hydrogens is 370 g/mol. The first kappa shape index (κ1) is 18.1. The number of carbonyl (C=O) groups excluding carboxylic acids is 1. The minimum absolute atomic E-state index is 0.0304. The average Bonchev–Trinajstić information content (AvgIpc) is 3.28. The van der Waals surface area contributed by atoms with Gasteiger partial charge >= 0.3 is 5.97 Å². The Morgan fingerprint density at radius 3 is 2.74 bits per heavy atom. The van der Waals surface area contributed by atoms with Crippen LogP contribution in [0.3, 0.4) is 0 Å². The van der Waals surface area contributed by atoms with Crippen molar-refractivity contribution in [2.24, 2.45) is 11.8 Å². The quantitative estimate of drug-likeness (QED) is 0.831. The van der Waals surface area contributed by atoms with Gasteiger partial charge in [-0.15, -0.1) is 0 Å². The lowest BCUT2D eigenvalue weighted by atomic mass is 9.95. The van der Waals surface area contributed by atoms with Crippen molar-refractivity contribution in [3.05, 3.63) is 23.2 Å². The van der Waals surface area contributed by atoms with E-state index in [-0.39, 0.29) is 17.9 Å². The minimum Gasteiger partial charge on any atom is -0.481 e. The Balaban J connectivity index is 1.35. The third-order valence-electron chi connectivity index (χ3n) is 5.64. The van der Waals surface area contributed by atoms with Gasteiger partial charge in [-0.1, -0.05) is 18.0 Å². The molecule has 2 atom stereocenters. The van der Waals surface area contributed by atoms with Gasteiger partial charge < -0.3 is 19.7 Å². The van der Waals surface area contributed by atoms with E-state index in [1.807, 2.05) is 4.90 Å². The number of carboxylic acids is 1. The van der Waals surface area contributed by atoms with E-state index in [2.05, 4.69) is 10.3 Å². The number of aliphatic carboxylic acids is 1. The molecule has 2 heterocycles. The molecule has 0 unspecified atom stereocenters. The van der Waals surface area contributed by atoms with Gasteiger partial charge in [0.1, 0.15) is 5.52 Å². The number of oxazole rings is 1. The van der Waals surface area contributed by atoms with Gasteiger partial charge in [-0.05, 0) is 43.9 Å². The Labute approximate surface area is 161 Å². The first-order chi connectivity index (χ1) is 13.0. The number of nitrogens with one attached hydrogen (secondary N) is 1. The molecule has 7 nitrogen and oxygen atoms in total. The summed E-state index contributed by atoms with van der Waals surface area (Å²) >= 11 is 5.99. The molecule has 1 aromatic carbocycles. The van der Waals surface area contributed by atoms with Gasteiger partial charge in [-0.25, -0.2) is 0 Å². The average molecular weight is 392 g/mol. The van der Waals surface area contributed by atoms with E-state index in [1.54, 1.807) is 18.2 Å². The predicted octanol–water partition coefficient (Wildman–Crippen LogP) is 3.07. The van der Waals surface area contributed by atoms with Crippen LogP contribution in [0, 0.1) is 11.8 Å². The summed E-state index contributed by atoms with van der Waals surface area (Å²) in [5.74, 6) is -1.41. The maximum Gasteiger partial charge on any atom is 0.308 e. The number of piperidine rings is 1. The number of hydrogen-bond acceptors (Lipinski definition) is 5. The highest BCUT2D eigenvalue weighted by atomic mass is 35.5. The normalized spacial score (nSPS) is 23.7. The van der Waals surface area contributed by atoms with Crippen molar-refractivity contribution >= 4 is 40.6 Å². The van der Waals surface area contributed by atoms with E-state index < -0.39 is 11.9 Å². The molecule has 144 valence electrons. The fourth-order valence-electron chi connectivity index (χ4n) is 4.09. The lowest BCUT2D eigenvalue weighted by Crippen LogP contribution is -2.46. The van der Waals surface area contributed by atoms with Crippen LogP contribution in [0.4, 0.5) is 6.01 Å². The summed E-state index contributed by atoms with van der Waals surface area (Å²) in [6.07, 6.45) is 3.61. The van der Waals surface area contributed by atoms with Gasteiger partial charge in [0.05, 0.1) is 5.92 Å². The number of fused-ring (bicyclic) bond motifs is 1. The predicted molar refractivity (Wildman–Crippen MR) is 101 cm³/mol. The van der Waals surface area contributed by atoms with Crippen LogP contribution in [0.15, 0.2) is 22.6 Å². The molecule has 1 aliphatic heterocycles. The maximum absolute atomic E-state index is 12.6. The van der Waals surface area contributed by atoms with Crippen molar-refractivity contribution in [3.63, 3.8) is 0 Å². The van der Waals surface area contributed by atoms with Crippen LogP contribution < -0.4 is 10.2 Å². The zero-order valence-electron chi connectivity index (χ0n) is 14.9. The number of amides is 1.